The molecule has 0 bridgehead atoms. The third kappa shape index (κ3) is 2.86. The lowest BCUT2D eigenvalue weighted by atomic mass is 10.3. The first-order valence-electron chi connectivity index (χ1n) is 3.36. The zero-order chi connectivity index (χ0) is 9.84. The molecule has 0 aromatic heterocycles. The summed E-state index contributed by atoms with van der Waals surface area (Å²) in [6, 6.07) is 3.17. The molecule has 1 aromatic rings. The Morgan fingerprint density at radius 3 is 2.69 bits per heavy atom. The normalized spacial score (nSPS) is 9.77. The van der Waals surface area contributed by atoms with Gasteiger partial charge in [-0.15, -0.1) is 0 Å². The minimum atomic E-state index is -0.0301. The Labute approximate surface area is 93.9 Å². The summed E-state index contributed by atoms with van der Waals surface area (Å²) >= 11 is 14.8. The first-order valence-corrected chi connectivity index (χ1v) is 4.91. The molecule has 70 valence electrons. The second kappa shape index (κ2) is 4.84. The fourth-order valence-corrected chi connectivity index (χ4v) is 1.59. The van der Waals surface area contributed by atoms with Crippen LogP contribution in [-0.4, -0.2) is 12.9 Å². The average Bonchev–Trinajstić information content (AvgIpc) is 2.09. The van der Waals surface area contributed by atoms with Gasteiger partial charge in [-0.25, -0.2) is 0 Å². The monoisotopic (exact) mass is 282 g/mol. The van der Waals surface area contributed by atoms with E-state index in [4.69, 9.17) is 27.9 Å². The Bertz CT molecular complexity index is 328. The predicted octanol–water partition coefficient (Wildman–Crippen LogP) is 3.33. The van der Waals surface area contributed by atoms with E-state index in [9.17, 15) is 4.79 Å². The molecule has 0 saturated carbocycles. The van der Waals surface area contributed by atoms with Crippen LogP contribution in [-0.2, 0) is 4.79 Å². The van der Waals surface area contributed by atoms with Crippen molar-refractivity contribution >= 4 is 45.4 Å². The van der Waals surface area contributed by atoms with E-state index in [1.807, 2.05) is 0 Å². The summed E-state index contributed by atoms with van der Waals surface area (Å²) < 4.78 is 5.71. The molecule has 0 saturated heterocycles. The van der Waals surface area contributed by atoms with Crippen molar-refractivity contribution in [2.75, 3.05) is 6.61 Å². The average molecular weight is 284 g/mol. The summed E-state index contributed by atoms with van der Waals surface area (Å²) in [5.41, 5.74) is 0. The van der Waals surface area contributed by atoms with Crippen LogP contribution in [0.1, 0.15) is 0 Å². The van der Waals surface area contributed by atoms with Crippen molar-refractivity contribution in [1.82, 2.24) is 0 Å². The van der Waals surface area contributed by atoms with Crippen LogP contribution in [0.3, 0.4) is 0 Å². The van der Waals surface area contributed by atoms with Gasteiger partial charge >= 0.3 is 0 Å². The maximum Gasteiger partial charge on any atom is 0.157 e. The molecule has 0 N–H and O–H groups in total. The number of ether oxygens (including phenoxy) is 1. The van der Waals surface area contributed by atoms with Crippen molar-refractivity contribution < 1.29 is 9.53 Å². The molecule has 0 spiro atoms. The van der Waals surface area contributed by atoms with Gasteiger partial charge in [0.2, 0.25) is 0 Å². The first-order chi connectivity index (χ1) is 6.15. The molecule has 1 rings (SSSR count). The number of carbonyl (C=O) groups is 1. The zero-order valence-electron chi connectivity index (χ0n) is 6.39. The standard InChI is InChI=1S/C8H5BrCl2O2/c9-5-3-7(11)8(4-6(5)10)13-2-1-12/h1,3-4H,2H2. The molecular formula is C8H5BrCl2O2. The first kappa shape index (κ1) is 10.8. The van der Waals surface area contributed by atoms with Crippen LogP contribution >= 0.6 is 39.1 Å². The van der Waals surface area contributed by atoms with Gasteiger partial charge in [0, 0.05) is 10.5 Å². The third-order valence-corrected chi connectivity index (χ3v) is 2.77. The number of benzene rings is 1. The number of halogens is 3. The van der Waals surface area contributed by atoms with E-state index in [1.54, 1.807) is 12.1 Å². The van der Waals surface area contributed by atoms with Gasteiger partial charge in [-0.2, -0.15) is 0 Å². The highest BCUT2D eigenvalue weighted by Crippen LogP contribution is 2.33. The van der Waals surface area contributed by atoms with E-state index >= 15 is 0 Å². The Balaban J connectivity index is 2.94. The highest BCUT2D eigenvalue weighted by molar-refractivity contribution is 9.10. The molecule has 0 fully saturated rings. The number of carbonyl (C=O) groups excluding carboxylic acids is 1. The SMILES string of the molecule is O=CCOc1cc(Cl)c(Br)cc1Cl. The van der Waals surface area contributed by atoms with Gasteiger partial charge in [0.1, 0.15) is 12.4 Å². The summed E-state index contributed by atoms with van der Waals surface area (Å²) in [5, 5.41) is 0.906. The maximum atomic E-state index is 10.0. The van der Waals surface area contributed by atoms with E-state index in [0.717, 1.165) is 0 Å². The van der Waals surface area contributed by atoms with Gasteiger partial charge in [0.15, 0.2) is 6.29 Å². The zero-order valence-corrected chi connectivity index (χ0v) is 9.49. The van der Waals surface area contributed by atoms with Gasteiger partial charge in [0.25, 0.3) is 0 Å². The third-order valence-electron chi connectivity index (χ3n) is 1.28. The molecule has 5 heteroatoms. The molecule has 1 aromatic carbocycles. The van der Waals surface area contributed by atoms with E-state index in [1.165, 1.54) is 0 Å². The summed E-state index contributed by atoms with van der Waals surface area (Å²) in [6.07, 6.45) is 0.645. The Morgan fingerprint density at radius 1 is 1.38 bits per heavy atom. The van der Waals surface area contributed by atoms with Crippen molar-refractivity contribution in [2.24, 2.45) is 0 Å². The van der Waals surface area contributed by atoms with Crippen molar-refractivity contribution in [3.63, 3.8) is 0 Å². The lowest BCUT2D eigenvalue weighted by molar-refractivity contribution is -0.109. The van der Waals surface area contributed by atoms with E-state index < -0.39 is 0 Å². The van der Waals surface area contributed by atoms with Gasteiger partial charge in [-0.3, -0.25) is 4.79 Å². The van der Waals surface area contributed by atoms with Crippen LogP contribution in [0.2, 0.25) is 10.0 Å². The topological polar surface area (TPSA) is 26.3 Å². The summed E-state index contributed by atoms with van der Waals surface area (Å²) in [5.74, 6) is 0.405. The van der Waals surface area contributed by atoms with E-state index in [-0.39, 0.29) is 6.61 Å². The van der Waals surface area contributed by atoms with Gasteiger partial charge in [-0.1, -0.05) is 23.2 Å². The van der Waals surface area contributed by atoms with Gasteiger partial charge in [0.05, 0.1) is 10.0 Å². The van der Waals surface area contributed by atoms with Gasteiger partial charge in [-0.05, 0) is 22.0 Å². The molecule has 0 radical (unpaired) electrons. The highest BCUT2D eigenvalue weighted by atomic mass is 79.9. The van der Waals surface area contributed by atoms with Crippen LogP contribution in [0.15, 0.2) is 16.6 Å². The van der Waals surface area contributed by atoms with E-state index in [2.05, 4.69) is 15.9 Å². The maximum absolute atomic E-state index is 10.0. The highest BCUT2D eigenvalue weighted by Gasteiger charge is 2.05. The van der Waals surface area contributed by atoms with Crippen molar-refractivity contribution in [3.05, 3.63) is 26.7 Å². The lowest BCUT2D eigenvalue weighted by Gasteiger charge is -2.05. The van der Waals surface area contributed by atoms with Crippen molar-refractivity contribution in [1.29, 1.82) is 0 Å². The predicted molar refractivity (Wildman–Crippen MR) is 55.7 cm³/mol. The molecule has 0 aliphatic rings. The molecule has 13 heavy (non-hydrogen) atoms. The number of hydrogen-bond acceptors (Lipinski definition) is 2. The fourth-order valence-electron chi connectivity index (χ4n) is 0.739. The quantitative estimate of drug-likeness (QED) is 0.628. The smallest absolute Gasteiger partial charge is 0.157 e. The molecule has 0 unspecified atom stereocenters. The molecule has 2 nitrogen and oxygen atoms in total. The fraction of sp³-hybridized carbons (Fsp3) is 0.125. The Kier molecular flexibility index (Phi) is 4.03. The molecule has 0 aliphatic carbocycles. The molecule has 0 amide bonds. The van der Waals surface area contributed by atoms with Crippen LogP contribution in [0, 0.1) is 0 Å². The molecular weight excluding hydrogens is 279 g/mol. The second-order valence-corrected chi connectivity index (χ2v) is 3.84. The summed E-state index contributed by atoms with van der Waals surface area (Å²) in [4.78, 5) is 10.0. The lowest BCUT2D eigenvalue weighted by Crippen LogP contribution is -1.98. The van der Waals surface area contributed by atoms with Crippen molar-refractivity contribution in [3.8, 4) is 5.75 Å². The van der Waals surface area contributed by atoms with Crippen LogP contribution in [0.4, 0.5) is 0 Å². The summed E-state index contributed by atoms with van der Waals surface area (Å²) in [6.45, 7) is -0.0301. The molecule has 0 heterocycles. The van der Waals surface area contributed by atoms with Gasteiger partial charge < -0.3 is 4.74 Å². The number of hydrogen-bond donors (Lipinski definition) is 0. The van der Waals surface area contributed by atoms with E-state index in [0.29, 0.717) is 26.6 Å². The minimum Gasteiger partial charge on any atom is -0.485 e. The molecule has 0 atom stereocenters. The molecule has 0 aliphatic heterocycles. The number of rotatable bonds is 3. The van der Waals surface area contributed by atoms with Crippen LogP contribution < -0.4 is 4.74 Å². The Morgan fingerprint density at radius 2 is 2.08 bits per heavy atom. The van der Waals surface area contributed by atoms with Crippen LogP contribution in [0.5, 0.6) is 5.75 Å². The largest absolute Gasteiger partial charge is 0.485 e. The second-order valence-electron chi connectivity index (χ2n) is 2.17. The summed E-state index contributed by atoms with van der Waals surface area (Å²) in [7, 11) is 0. The van der Waals surface area contributed by atoms with Crippen molar-refractivity contribution in [2.45, 2.75) is 0 Å². The minimum absolute atomic E-state index is 0.0301. The van der Waals surface area contributed by atoms with Crippen LogP contribution in [0.25, 0.3) is 0 Å². The number of aldehydes is 1. The Hall–Kier alpha value is -0.250.